The van der Waals surface area contributed by atoms with Crippen LogP contribution in [0.25, 0.3) is 0 Å². The first kappa shape index (κ1) is 25.9. The van der Waals surface area contributed by atoms with Gasteiger partial charge in [-0.15, -0.1) is 5.06 Å². The Kier molecular flexibility index (Phi) is 8.03. The minimum atomic E-state index is -4.09. The number of carboxylic acids is 1. The molecule has 3 heterocycles. The van der Waals surface area contributed by atoms with Crippen LogP contribution in [0.2, 0.25) is 5.02 Å². The van der Waals surface area contributed by atoms with Gasteiger partial charge in [-0.3, -0.25) is 9.69 Å². The van der Waals surface area contributed by atoms with E-state index >= 15 is 0 Å². The maximum absolute atomic E-state index is 13.5. The minimum Gasteiger partial charge on any atom is -0.480 e. The zero-order valence-electron chi connectivity index (χ0n) is 19.3. The first-order chi connectivity index (χ1) is 16.7. The van der Waals surface area contributed by atoms with Crippen LogP contribution in [0.15, 0.2) is 24.3 Å². The third-order valence-electron chi connectivity index (χ3n) is 6.46. The van der Waals surface area contributed by atoms with Crippen molar-refractivity contribution < 1.29 is 37.4 Å². The van der Waals surface area contributed by atoms with E-state index in [2.05, 4.69) is 0 Å². The summed E-state index contributed by atoms with van der Waals surface area (Å²) in [5.74, 6) is -0.708. The standard InChI is InChI=1S/C21H29ClN4O8S/c1-32-12-13-33-21(29)26-16-4-7-18(26)19(20(27)28)25(14-16)35(30,31)24-10-8-23(9-11-24)34-17-5-2-15(22)3-6-17/h2-3,5-6,16,18-19H,4,7-14H2,1H3,(H,27,28)/t16-,18+,19-/m1/s1. The van der Waals surface area contributed by atoms with Crippen molar-refractivity contribution in [2.24, 2.45) is 0 Å². The molecular weight excluding hydrogens is 504 g/mol. The lowest BCUT2D eigenvalue weighted by molar-refractivity contribution is -0.145. The molecule has 0 radical (unpaired) electrons. The maximum atomic E-state index is 13.5. The fourth-order valence-corrected chi connectivity index (χ4v) is 6.72. The Labute approximate surface area is 209 Å². The predicted molar refractivity (Wildman–Crippen MR) is 124 cm³/mol. The fourth-order valence-electron chi connectivity index (χ4n) is 4.80. The molecule has 3 aliphatic heterocycles. The molecule has 2 bridgehead atoms. The molecule has 3 fully saturated rings. The first-order valence-corrected chi connectivity index (χ1v) is 13.1. The molecule has 4 rings (SSSR count). The molecule has 3 atom stereocenters. The van der Waals surface area contributed by atoms with Crippen molar-refractivity contribution in [3.63, 3.8) is 0 Å². The Balaban J connectivity index is 1.43. The van der Waals surface area contributed by atoms with Crippen molar-refractivity contribution in [1.82, 2.24) is 18.6 Å². The van der Waals surface area contributed by atoms with E-state index in [1.165, 1.54) is 16.3 Å². The number of carbonyl (C=O) groups is 2. The Hall–Kier alpha value is -2.16. The third-order valence-corrected chi connectivity index (χ3v) is 8.70. The summed E-state index contributed by atoms with van der Waals surface area (Å²) in [6.07, 6.45) is 0.240. The average molecular weight is 533 g/mol. The molecule has 1 aromatic rings. The number of halogens is 1. The number of carbonyl (C=O) groups excluding carboxylic acids is 1. The van der Waals surface area contributed by atoms with Crippen molar-refractivity contribution in [2.75, 3.05) is 53.0 Å². The highest BCUT2D eigenvalue weighted by Crippen LogP contribution is 2.37. The molecule has 0 unspecified atom stereocenters. The molecule has 0 aliphatic carbocycles. The summed E-state index contributed by atoms with van der Waals surface area (Å²) in [4.78, 5) is 32.0. The van der Waals surface area contributed by atoms with Crippen molar-refractivity contribution in [2.45, 2.75) is 31.0 Å². The third kappa shape index (κ3) is 5.49. The number of hydrogen-bond donors (Lipinski definition) is 1. The van der Waals surface area contributed by atoms with E-state index in [0.29, 0.717) is 36.7 Å². The van der Waals surface area contributed by atoms with Crippen LogP contribution >= 0.6 is 11.6 Å². The molecule has 1 N–H and O–H groups in total. The van der Waals surface area contributed by atoms with Crippen LogP contribution < -0.4 is 4.84 Å². The van der Waals surface area contributed by atoms with E-state index in [9.17, 15) is 23.1 Å². The van der Waals surface area contributed by atoms with E-state index in [4.69, 9.17) is 25.9 Å². The quantitative estimate of drug-likeness (QED) is 0.485. The SMILES string of the molecule is COCCOC(=O)N1[C@@H]2CC[C@H]1[C@H](C(=O)O)N(S(=O)(=O)N1CCN(Oc3ccc(Cl)cc3)CC1)C2. The topological polar surface area (TPSA) is 129 Å². The molecule has 35 heavy (non-hydrogen) atoms. The lowest BCUT2D eigenvalue weighted by Crippen LogP contribution is -2.67. The van der Waals surface area contributed by atoms with Gasteiger partial charge in [0.2, 0.25) is 0 Å². The van der Waals surface area contributed by atoms with Crippen LogP contribution in [0.4, 0.5) is 4.79 Å². The van der Waals surface area contributed by atoms with Crippen molar-refractivity contribution >= 4 is 33.9 Å². The number of aliphatic carboxylic acids is 1. The van der Waals surface area contributed by atoms with Crippen LogP contribution in [0.5, 0.6) is 5.75 Å². The number of fused-ring (bicyclic) bond motifs is 2. The molecule has 0 aromatic heterocycles. The molecule has 0 saturated carbocycles. The maximum Gasteiger partial charge on any atom is 0.410 e. The number of hydroxylamine groups is 2. The van der Waals surface area contributed by atoms with Gasteiger partial charge in [0.15, 0.2) is 0 Å². The number of carboxylic acid groups (broad SMARTS) is 1. The summed E-state index contributed by atoms with van der Waals surface area (Å²) in [6.45, 7) is 1.03. The van der Waals surface area contributed by atoms with Gasteiger partial charge in [-0.05, 0) is 37.1 Å². The second-order valence-corrected chi connectivity index (χ2v) is 10.9. The molecule has 194 valence electrons. The Bertz CT molecular complexity index is 1020. The number of piperazine rings is 2. The Morgan fingerprint density at radius 3 is 2.40 bits per heavy atom. The van der Waals surface area contributed by atoms with Gasteiger partial charge in [0, 0.05) is 50.9 Å². The number of nitrogens with zero attached hydrogens (tertiary/aromatic N) is 4. The Morgan fingerprint density at radius 1 is 1.09 bits per heavy atom. The number of ether oxygens (including phenoxy) is 2. The van der Waals surface area contributed by atoms with E-state index in [0.717, 1.165) is 4.31 Å². The van der Waals surface area contributed by atoms with Crippen molar-refractivity contribution in [1.29, 1.82) is 0 Å². The van der Waals surface area contributed by atoms with E-state index in [-0.39, 0.29) is 32.8 Å². The van der Waals surface area contributed by atoms with Crippen LogP contribution in [0, 0.1) is 0 Å². The van der Waals surface area contributed by atoms with Gasteiger partial charge >= 0.3 is 12.1 Å². The lowest BCUT2D eigenvalue weighted by Gasteiger charge is -2.45. The highest BCUT2D eigenvalue weighted by molar-refractivity contribution is 7.86. The summed E-state index contributed by atoms with van der Waals surface area (Å²) in [6, 6.07) is 4.20. The molecule has 0 spiro atoms. The molecule has 1 aromatic carbocycles. The van der Waals surface area contributed by atoms with Gasteiger partial charge in [-0.1, -0.05) is 11.6 Å². The molecule has 3 aliphatic rings. The summed E-state index contributed by atoms with van der Waals surface area (Å²) < 4.78 is 39.4. The van der Waals surface area contributed by atoms with Crippen LogP contribution in [-0.4, -0.2) is 115 Å². The van der Waals surface area contributed by atoms with E-state index in [1.54, 1.807) is 29.3 Å². The molecule has 12 nitrogen and oxygen atoms in total. The van der Waals surface area contributed by atoms with Gasteiger partial charge in [0.05, 0.1) is 12.6 Å². The summed E-state index contributed by atoms with van der Waals surface area (Å²) in [7, 11) is -2.61. The highest BCUT2D eigenvalue weighted by Gasteiger charge is 2.56. The predicted octanol–water partition coefficient (Wildman–Crippen LogP) is 0.881. The summed E-state index contributed by atoms with van der Waals surface area (Å²) >= 11 is 5.89. The molecular formula is C21H29ClN4O8S. The van der Waals surface area contributed by atoms with Gasteiger partial charge in [0.25, 0.3) is 10.2 Å². The van der Waals surface area contributed by atoms with Gasteiger partial charge < -0.3 is 19.4 Å². The van der Waals surface area contributed by atoms with Gasteiger partial charge in [-0.2, -0.15) is 17.0 Å². The summed E-state index contributed by atoms with van der Waals surface area (Å²) in [5.41, 5.74) is 0. The zero-order valence-corrected chi connectivity index (χ0v) is 20.9. The van der Waals surface area contributed by atoms with Crippen molar-refractivity contribution in [3.8, 4) is 5.75 Å². The lowest BCUT2D eigenvalue weighted by atomic mass is 10.1. The second-order valence-electron chi connectivity index (χ2n) is 8.55. The monoisotopic (exact) mass is 532 g/mol. The largest absolute Gasteiger partial charge is 0.480 e. The van der Waals surface area contributed by atoms with Crippen LogP contribution in [0.3, 0.4) is 0 Å². The van der Waals surface area contributed by atoms with Gasteiger partial charge in [-0.25, -0.2) is 4.79 Å². The smallest absolute Gasteiger partial charge is 0.410 e. The minimum absolute atomic E-state index is 0.0351. The second kappa shape index (κ2) is 10.8. The zero-order chi connectivity index (χ0) is 25.2. The van der Waals surface area contributed by atoms with Gasteiger partial charge in [0.1, 0.15) is 18.4 Å². The van der Waals surface area contributed by atoms with E-state index < -0.39 is 40.4 Å². The van der Waals surface area contributed by atoms with Crippen molar-refractivity contribution in [3.05, 3.63) is 29.3 Å². The van der Waals surface area contributed by atoms with Crippen LogP contribution in [-0.2, 0) is 24.5 Å². The number of benzene rings is 1. The summed E-state index contributed by atoms with van der Waals surface area (Å²) in [5, 5.41) is 12.2. The number of hydrogen-bond acceptors (Lipinski definition) is 8. The first-order valence-electron chi connectivity index (χ1n) is 11.3. The normalized spacial score (nSPS) is 26.0. The van der Waals surface area contributed by atoms with E-state index in [1.807, 2.05) is 0 Å². The Morgan fingerprint density at radius 2 is 1.77 bits per heavy atom. The number of rotatable bonds is 8. The fraction of sp³-hybridized carbons (Fsp3) is 0.619. The number of amides is 1. The molecule has 1 amide bonds. The van der Waals surface area contributed by atoms with Crippen LogP contribution in [0.1, 0.15) is 12.8 Å². The number of methoxy groups -OCH3 is 1. The molecule has 3 saturated heterocycles. The molecule has 14 heteroatoms. The highest BCUT2D eigenvalue weighted by atomic mass is 35.5. The average Bonchev–Trinajstić information content (AvgIpc) is 3.13.